The number of carbonyl (C=O) groups excluding carboxylic acids is 3. The van der Waals surface area contributed by atoms with E-state index in [0.29, 0.717) is 12.0 Å². The van der Waals surface area contributed by atoms with E-state index in [1.54, 1.807) is 24.3 Å². The molecule has 0 saturated carbocycles. The molecule has 130 valence electrons. The lowest BCUT2D eigenvalue weighted by atomic mass is 9.69. The highest BCUT2D eigenvalue weighted by Gasteiger charge is 2.52. The van der Waals surface area contributed by atoms with E-state index in [-0.39, 0.29) is 0 Å². The number of ether oxygens (including phenoxy) is 3. The third kappa shape index (κ3) is 3.13. The van der Waals surface area contributed by atoms with E-state index in [9.17, 15) is 14.4 Å². The Balaban J connectivity index is 2.39. The van der Waals surface area contributed by atoms with Crippen LogP contribution in [-0.2, 0) is 29.2 Å². The normalized spacial score (nSPS) is 19.9. The minimum Gasteiger partial charge on any atom is -0.465 e. The SMILES string of the molecule is CC[C@@](C)(c1ccc(C(=O)OC)cc1)C1C(=O)OC(C)(C)OC1=O. The fourth-order valence-electron chi connectivity index (χ4n) is 2.92. The molecule has 0 unspecified atom stereocenters. The molecule has 1 aliphatic rings. The van der Waals surface area contributed by atoms with Crippen LogP contribution < -0.4 is 0 Å². The van der Waals surface area contributed by atoms with Crippen molar-refractivity contribution in [3.63, 3.8) is 0 Å². The van der Waals surface area contributed by atoms with Crippen molar-refractivity contribution in [3.05, 3.63) is 35.4 Å². The molecule has 24 heavy (non-hydrogen) atoms. The van der Waals surface area contributed by atoms with Gasteiger partial charge in [-0.2, -0.15) is 0 Å². The largest absolute Gasteiger partial charge is 0.465 e. The second-order valence-corrected chi connectivity index (χ2v) is 6.51. The van der Waals surface area contributed by atoms with Gasteiger partial charge in [0.2, 0.25) is 0 Å². The molecule has 0 radical (unpaired) electrons. The summed E-state index contributed by atoms with van der Waals surface area (Å²) in [4.78, 5) is 36.4. The highest BCUT2D eigenvalue weighted by Crippen LogP contribution is 2.40. The van der Waals surface area contributed by atoms with Gasteiger partial charge in [-0.3, -0.25) is 9.59 Å². The quantitative estimate of drug-likeness (QED) is 0.622. The van der Waals surface area contributed by atoms with E-state index in [2.05, 4.69) is 4.74 Å². The molecule has 1 aromatic carbocycles. The van der Waals surface area contributed by atoms with Crippen molar-refractivity contribution in [1.82, 2.24) is 0 Å². The monoisotopic (exact) mass is 334 g/mol. The van der Waals surface area contributed by atoms with Crippen LogP contribution in [0.2, 0.25) is 0 Å². The zero-order chi connectivity index (χ0) is 18.1. The molecule has 1 heterocycles. The summed E-state index contributed by atoms with van der Waals surface area (Å²) in [6.45, 7) is 6.74. The molecule has 1 saturated heterocycles. The lowest BCUT2D eigenvalue weighted by molar-refractivity contribution is -0.243. The third-order valence-corrected chi connectivity index (χ3v) is 4.50. The highest BCUT2D eigenvalue weighted by atomic mass is 16.7. The predicted molar refractivity (Wildman–Crippen MR) is 85.2 cm³/mol. The Morgan fingerprint density at radius 3 is 2.08 bits per heavy atom. The van der Waals surface area contributed by atoms with Gasteiger partial charge in [0.25, 0.3) is 5.79 Å². The maximum atomic E-state index is 12.4. The summed E-state index contributed by atoms with van der Waals surface area (Å²) in [5, 5.41) is 0. The number of hydrogen-bond donors (Lipinski definition) is 0. The summed E-state index contributed by atoms with van der Waals surface area (Å²) in [6.07, 6.45) is 0.514. The van der Waals surface area contributed by atoms with Crippen LogP contribution in [0.1, 0.15) is 50.0 Å². The van der Waals surface area contributed by atoms with E-state index >= 15 is 0 Å². The Bertz CT molecular complexity index is 641. The van der Waals surface area contributed by atoms with Gasteiger partial charge in [-0.15, -0.1) is 0 Å². The standard InChI is InChI=1S/C18H22O6/c1-6-18(4,12-9-7-11(8-10-12)14(19)22-5)13-15(20)23-17(2,3)24-16(13)21/h7-10,13H,6H2,1-5H3/t18-/m0/s1. The molecule has 1 fully saturated rings. The van der Waals surface area contributed by atoms with Crippen LogP contribution in [0.5, 0.6) is 0 Å². The zero-order valence-electron chi connectivity index (χ0n) is 14.5. The molecule has 1 aromatic rings. The molecule has 1 aliphatic heterocycles. The first-order valence-electron chi connectivity index (χ1n) is 7.79. The molecule has 0 N–H and O–H groups in total. The van der Waals surface area contributed by atoms with E-state index in [1.165, 1.54) is 21.0 Å². The number of benzene rings is 1. The zero-order valence-corrected chi connectivity index (χ0v) is 14.5. The van der Waals surface area contributed by atoms with E-state index in [1.807, 2.05) is 13.8 Å². The Kier molecular flexibility index (Phi) is 4.69. The Morgan fingerprint density at radius 2 is 1.67 bits per heavy atom. The fraction of sp³-hybridized carbons (Fsp3) is 0.500. The highest BCUT2D eigenvalue weighted by molar-refractivity contribution is 5.98. The van der Waals surface area contributed by atoms with Gasteiger partial charge < -0.3 is 14.2 Å². The number of hydrogen-bond acceptors (Lipinski definition) is 6. The lowest BCUT2D eigenvalue weighted by Gasteiger charge is -2.41. The average Bonchev–Trinajstić information content (AvgIpc) is 2.52. The summed E-state index contributed by atoms with van der Waals surface area (Å²) in [7, 11) is 1.31. The molecule has 0 bridgehead atoms. The molecule has 6 nitrogen and oxygen atoms in total. The number of cyclic esters (lactones) is 2. The van der Waals surface area contributed by atoms with E-state index in [0.717, 1.165) is 5.56 Å². The van der Waals surface area contributed by atoms with Gasteiger partial charge in [-0.1, -0.05) is 26.0 Å². The van der Waals surface area contributed by atoms with Crippen LogP contribution in [0.4, 0.5) is 0 Å². The third-order valence-electron chi connectivity index (χ3n) is 4.50. The first kappa shape index (κ1) is 18.0. The van der Waals surface area contributed by atoms with E-state index in [4.69, 9.17) is 9.47 Å². The maximum Gasteiger partial charge on any atom is 0.337 e. The average molecular weight is 334 g/mol. The van der Waals surface area contributed by atoms with Gasteiger partial charge >= 0.3 is 17.9 Å². The lowest BCUT2D eigenvalue weighted by Crippen LogP contribution is -2.53. The van der Waals surface area contributed by atoms with Gasteiger partial charge in [0, 0.05) is 19.3 Å². The number of carbonyl (C=O) groups is 3. The molecule has 0 aliphatic carbocycles. The van der Waals surface area contributed by atoms with Gasteiger partial charge in [0.05, 0.1) is 12.7 Å². The molecule has 1 atom stereocenters. The molecular formula is C18H22O6. The van der Waals surface area contributed by atoms with Crippen molar-refractivity contribution in [2.75, 3.05) is 7.11 Å². The molecule has 0 spiro atoms. The van der Waals surface area contributed by atoms with Crippen LogP contribution in [0, 0.1) is 5.92 Å². The van der Waals surface area contributed by atoms with Gasteiger partial charge in [-0.05, 0) is 24.1 Å². The van der Waals surface area contributed by atoms with Crippen LogP contribution in [-0.4, -0.2) is 30.8 Å². The second-order valence-electron chi connectivity index (χ2n) is 6.51. The smallest absolute Gasteiger partial charge is 0.337 e. The van der Waals surface area contributed by atoms with Gasteiger partial charge in [0.1, 0.15) is 0 Å². The predicted octanol–water partition coefficient (Wildman–Crippen LogP) is 2.59. The fourth-order valence-corrected chi connectivity index (χ4v) is 2.92. The van der Waals surface area contributed by atoms with Crippen LogP contribution in [0.3, 0.4) is 0 Å². The van der Waals surface area contributed by atoms with E-state index < -0.39 is 35.0 Å². The molecular weight excluding hydrogens is 312 g/mol. The Hall–Kier alpha value is -2.37. The molecule has 2 rings (SSSR count). The molecule has 0 aromatic heterocycles. The van der Waals surface area contributed by atoms with Crippen molar-refractivity contribution in [3.8, 4) is 0 Å². The van der Waals surface area contributed by atoms with Crippen molar-refractivity contribution in [2.45, 2.75) is 45.3 Å². The summed E-state index contributed by atoms with van der Waals surface area (Å²) in [5.41, 5.74) is 0.338. The summed E-state index contributed by atoms with van der Waals surface area (Å²) >= 11 is 0. The van der Waals surface area contributed by atoms with Crippen LogP contribution in [0.25, 0.3) is 0 Å². The molecule has 0 amide bonds. The second kappa shape index (κ2) is 6.26. The summed E-state index contributed by atoms with van der Waals surface area (Å²) < 4.78 is 15.2. The van der Waals surface area contributed by atoms with Crippen molar-refractivity contribution >= 4 is 17.9 Å². The number of esters is 3. The minimum absolute atomic E-state index is 0.398. The first-order chi connectivity index (χ1) is 11.1. The van der Waals surface area contributed by atoms with Crippen LogP contribution in [0.15, 0.2) is 24.3 Å². The van der Waals surface area contributed by atoms with Crippen molar-refractivity contribution in [1.29, 1.82) is 0 Å². The maximum absolute atomic E-state index is 12.4. The summed E-state index contributed by atoms with van der Waals surface area (Å²) in [5.74, 6) is -3.96. The number of methoxy groups -OCH3 is 1. The van der Waals surface area contributed by atoms with Crippen molar-refractivity contribution < 1.29 is 28.6 Å². The van der Waals surface area contributed by atoms with Gasteiger partial charge in [0.15, 0.2) is 5.92 Å². The van der Waals surface area contributed by atoms with Gasteiger partial charge in [-0.25, -0.2) is 4.79 Å². The van der Waals surface area contributed by atoms with Crippen LogP contribution >= 0.6 is 0 Å². The van der Waals surface area contributed by atoms with Crippen molar-refractivity contribution in [2.24, 2.45) is 5.92 Å². The minimum atomic E-state index is -1.26. The molecule has 6 heteroatoms. The topological polar surface area (TPSA) is 78.9 Å². The summed E-state index contributed by atoms with van der Waals surface area (Å²) in [6, 6.07) is 6.66. The number of rotatable bonds is 4. The Labute approximate surface area is 141 Å². The first-order valence-corrected chi connectivity index (χ1v) is 7.79. The Morgan fingerprint density at radius 1 is 1.17 bits per heavy atom.